The van der Waals surface area contributed by atoms with Gasteiger partial charge in [0.25, 0.3) is 0 Å². The fourth-order valence-electron chi connectivity index (χ4n) is 6.58. The summed E-state index contributed by atoms with van der Waals surface area (Å²) in [7, 11) is 0. The van der Waals surface area contributed by atoms with Gasteiger partial charge in [-0.3, -0.25) is 0 Å². The molecule has 222 valence electrons. The van der Waals surface area contributed by atoms with Crippen molar-refractivity contribution >= 4 is 0 Å². The third-order valence-electron chi connectivity index (χ3n) is 9.20. The van der Waals surface area contributed by atoms with Gasteiger partial charge < -0.3 is 0 Å². The summed E-state index contributed by atoms with van der Waals surface area (Å²) in [5.74, 6) is 1.95. The summed E-state index contributed by atoms with van der Waals surface area (Å²) >= 11 is 0. The molecule has 4 heteroatoms. The van der Waals surface area contributed by atoms with E-state index >= 15 is 0 Å². The van der Waals surface area contributed by atoms with Crippen molar-refractivity contribution in [3.05, 3.63) is 162 Å². The van der Waals surface area contributed by atoms with Crippen LogP contribution in [-0.2, 0) is 5.41 Å². The summed E-state index contributed by atoms with van der Waals surface area (Å²) in [4.78, 5) is 14.6. The molecule has 0 saturated carbocycles. The zero-order valence-corrected chi connectivity index (χ0v) is 26.1. The van der Waals surface area contributed by atoms with Crippen molar-refractivity contribution in [3.63, 3.8) is 0 Å². The van der Waals surface area contributed by atoms with Gasteiger partial charge >= 0.3 is 0 Å². The molecule has 0 unspecified atom stereocenters. The van der Waals surface area contributed by atoms with Gasteiger partial charge in [-0.25, -0.2) is 15.0 Å². The maximum absolute atomic E-state index is 9.21. The molecule has 0 spiro atoms. The molecule has 0 N–H and O–H groups in total. The fourth-order valence-corrected chi connectivity index (χ4v) is 6.58. The number of hydrogen-bond donors (Lipinski definition) is 0. The summed E-state index contributed by atoms with van der Waals surface area (Å²) in [5, 5.41) is 9.21. The molecule has 4 nitrogen and oxygen atoms in total. The number of fused-ring (bicyclic) bond motifs is 3. The van der Waals surface area contributed by atoms with Crippen LogP contribution in [0, 0.1) is 11.3 Å². The van der Waals surface area contributed by atoms with Crippen molar-refractivity contribution in [2.24, 2.45) is 0 Å². The van der Waals surface area contributed by atoms with Crippen LogP contribution in [0.5, 0.6) is 0 Å². The average molecular weight is 603 g/mol. The second-order valence-corrected chi connectivity index (χ2v) is 12.5. The molecular formula is C43H30N4. The highest BCUT2D eigenvalue weighted by Crippen LogP contribution is 2.50. The van der Waals surface area contributed by atoms with Crippen LogP contribution in [-0.4, -0.2) is 15.0 Å². The highest BCUT2D eigenvalue weighted by atomic mass is 15.0. The quantitative estimate of drug-likeness (QED) is 0.197. The topological polar surface area (TPSA) is 62.5 Å². The van der Waals surface area contributed by atoms with E-state index in [9.17, 15) is 5.26 Å². The molecule has 0 aliphatic heterocycles. The number of benzene rings is 6. The van der Waals surface area contributed by atoms with Crippen LogP contribution < -0.4 is 0 Å². The lowest BCUT2D eigenvalue weighted by molar-refractivity contribution is 0.661. The Balaban J connectivity index is 1.13. The second-order valence-electron chi connectivity index (χ2n) is 12.5. The van der Waals surface area contributed by atoms with Crippen LogP contribution in [0.2, 0.25) is 0 Å². The Morgan fingerprint density at radius 2 is 0.787 bits per heavy atom. The lowest BCUT2D eigenvalue weighted by Gasteiger charge is -2.22. The van der Waals surface area contributed by atoms with E-state index in [1.165, 1.54) is 27.8 Å². The highest BCUT2D eigenvalue weighted by molar-refractivity contribution is 5.86. The Kier molecular flexibility index (Phi) is 6.82. The summed E-state index contributed by atoms with van der Waals surface area (Å²) in [6, 6.07) is 52.2. The van der Waals surface area contributed by atoms with Gasteiger partial charge in [-0.15, -0.1) is 0 Å². The second kappa shape index (κ2) is 11.3. The van der Waals surface area contributed by atoms with Crippen molar-refractivity contribution in [3.8, 4) is 73.6 Å². The van der Waals surface area contributed by atoms with Crippen molar-refractivity contribution in [1.82, 2.24) is 15.0 Å². The van der Waals surface area contributed by atoms with E-state index in [1.54, 1.807) is 0 Å². The van der Waals surface area contributed by atoms with E-state index in [4.69, 9.17) is 15.0 Å². The molecule has 47 heavy (non-hydrogen) atoms. The molecule has 0 atom stereocenters. The van der Waals surface area contributed by atoms with Gasteiger partial charge in [0.05, 0.1) is 11.6 Å². The zero-order chi connectivity index (χ0) is 32.0. The minimum atomic E-state index is -0.157. The smallest absolute Gasteiger partial charge is 0.164 e. The van der Waals surface area contributed by atoms with E-state index in [-0.39, 0.29) is 5.41 Å². The van der Waals surface area contributed by atoms with Crippen molar-refractivity contribution in [2.45, 2.75) is 19.3 Å². The van der Waals surface area contributed by atoms with Gasteiger partial charge in [0.1, 0.15) is 0 Å². The molecule has 0 bridgehead atoms. The lowest BCUT2D eigenvalue weighted by atomic mass is 9.81. The third kappa shape index (κ3) is 5.09. The van der Waals surface area contributed by atoms with Crippen molar-refractivity contribution in [2.75, 3.05) is 0 Å². The Labute approximate surface area is 274 Å². The molecule has 1 aliphatic carbocycles. The van der Waals surface area contributed by atoms with Crippen molar-refractivity contribution < 1.29 is 0 Å². The predicted molar refractivity (Wildman–Crippen MR) is 189 cm³/mol. The predicted octanol–water partition coefficient (Wildman–Crippen LogP) is 10.4. The monoisotopic (exact) mass is 602 g/mol. The van der Waals surface area contributed by atoms with E-state index in [0.717, 1.165) is 33.4 Å². The maximum atomic E-state index is 9.21. The van der Waals surface area contributed by atoms with Crippen LogP contribution in [0.3, 0.4) is 0 Å². The Morgan fingerprint density at radius 1 is 0.426 bits per heavy atom. The summed E-state index contributed by atoms with van der Waals surface area (Å²) in [6.45, 7) is 4.62. The first kappa shape index (κ1) is 28.3. The zero-order valence-electron chi connectivity index (χ0n) is 26.1. The molecule has 8 rings (SSSR count). The molecule has 0 fully saturated rings. The molecule has 0 amide bonds. The number of aromatic nitrogens is 3. The summed E-state index contributed by atoms with van der Waals surface area (Å²) in [6.07, 6.45) is 0. The lowest BCUT2D eigenvalue weighted by Crippen LogP contribution is -2.15. The van der Waals surface area contributed by atoms with Crippen LogP contribution in [0.15, 0.2) is 146 Å². The van der Waals surface area contributed by atoms with E-state index < -0.39 is 0 Å². The first-order valence-corrected chi connectivity index (χ1v) is 15.8. The first-order valence-electron chi connectivity index (χ1n) is 15.8. The molecule has 1 aliphatic rings. The largest absolute Gasteiger partial charge is 0.208 e. The van der Waals surface area contributed by atoms with Gasteiger partial charge in [-0.2, -0.15) is 5.26 Å². The Bertz CT molecular complexity index is 2240. The van der Waals surface area contributed by atoms with E-state index in [0.29, 0.717) is 23.0 Å². The molecule has 0 saturated heterocycles. The molecule has 1 aromatic heterocycles. The van der Waals surface area contributed by atoms with Gasteiger partial charge in [0.15, 0.2) is 17.5 Å². The standard InChI is InChI=1S/C43H30N4/c1-43(2)38-25-34(29-15-13-28(27-44)14-16-29)21-23-36(38)37-24-22-35(26-39(37)43)30-17-19-33(20-18-30)42-46-40(31-9-5-3-6-10-31)45-41(47-42)32-11-7-4-8-12-32/h3-26H,1-2H3. The van der Waals surface area contributed by atoms with Gasteiger partial charge in [0, 0.05) is 22.1 Å². The van der Waals surface area contributed by atoms with Gasteiger partial charge in [0.2, 0.25) is 0 Å². The number of nitrogens with zero attached hydrogens (tertiary/aromatic N) is 4. The number of nitriles is 1. The normalized spacial score (nSPS) is 12.6. The molecule has 0 radical (unpaired) electrons. The van der Waals surface area contributed by atoms with E-state index in [2.05, 4.69) is 80.6 Å². The SMILES string of the molecule is CC1(C)c2cc(-c3ccc(C#N)cc3)ccc2-c2ccc(-c3ccc(-c4nc(-c5ccccc5)nc(-c5ccccc5)n4)cc3)cc21. The van der Waals surface area contributed by atoms with E-state index in [1.807, 2.05) is 84.9 Å². The number of hydrogen-bond acceptors (Lipinski definition) is 4. The van der Waals surface area contributed by atoms with Gasteiger partial charge in [-0.1, -0.05) is 135 Å². The van der Waals surface area contributed by atoms with Crippen LogP contribution in [0.4, 0.5) is 0 Å². The maximum Gasteiger partial charge on any atom is 0.164 e. The van der Waals surface area contributed by atoms with Crippen molar-refractivity contribution in [1.29, 1.82) is 5.26 Å². The fraction of sp³-hybridized carbons (Fsp3) is 0.0698. The first-order chi connectivity index (χ1) is 23.0. The Hall–Kier alpha value is -6.18. The highest BCUT2D eigenvalue weighted by Gasteiger charge is 2.35. The third-order valence-corrected chi connectivity index (χ3v) is 9.20. The summed E-state index contributed by atoms with van der Waals surface area (Å²) in [5.41, 5.74) is 13.2. The molecule has 1 heterocycles. The Morgan fingerprint density at radius 3 is 1.21 bits per heavy atom. The number of rotatable bonds is 5. The van der Waals surface area contributed by atoms with Crippen LogP contribution >= 0.6 is 0 Å². The summed E-state index contributed by atoms with van der Waals surface area (Å²) < 4.78 is 0. The van der Waals surface area contributed by atoms with Gasteiger partial charge in [-0.05, 0) is 68.8 Å². The van der Waals surface area contributed by atoms with Crippen LogP contribution in [0.25, 0.3) is 67.5 Å². The molecule has 6 aromatic carbocycles. The minimum Gasteiger partial charge on any atom is -0.208 e. The average Bonchev–Trinajstić information content (AvgIpc) is 3.37. The molecule has 7 aromatic rings. The minimum absolute atomic E-state index is 0.157. The molecular weight excluding hydrogens is 573 g/mol. The van der Waals surface area contributed by atoms with Crippen LogP contribution in [0.1, 0.15) is 30.5 Å².